The lowest BCUT2D eigenvalue weighted by molar-refractivity contribution is -0.184. The Kier molecular flexibility index (Phi) is 4.29. The highest BCUT2D eigenvalue weighted by Gasteiger charge is 2.42. The summed E-state index contributed by atoms with van der Waals surface area (Å²) in [6.45, 7) is -0.0760. The van der Waals surface area contributed by atoms with Gasteiger partial charge in [-0.3, -0.25) is 4.79 Å². The zero-order chi connectivity index (χ0) is 17.3. The molecular weight excluding hydrogens is 326 g/mol. The van der Waals surface area contributed by atoms with Crippen LogP contribution in [0.2, 0.25) is 0 Å². The van der Waals surface area contributed by atoms with Crippen LogP contribution in [0.15, 0.2) is 36.5 Å². The van der Waals surface area contributed by atoms with E-state index in [1.807, 2.05) is 0 Å². The molecule has 3 rings (SSSR count). The van der Waals surface area contributed by atoms with Crippen molar-refractivity contribution in [1.82, 2.24) is 14.7 Å². The van der Waals surface area contributed by atoms with Gasteiger partial charge in [0.1, 0.15) is 5.82 Å². The van der Waals surface area contributed by atoms with Crippen molar-refractivity contribution in [2.24, 2.45) is 5.92 Å². The van der Waals surface area contributed by atoms with Gasteiger partial charge in [-0.05, 0) is 37.1 Å². The summed E-state index contributed by atoms with van der Waals surface area (Å²) < 4.78 is 53.1. The molecule has 1 aromatic carbocycles. The van der Waals surface area contributed by atoms with Crippen LogP contribution in [0.4, 0.5) is 17.6 Å². The molecule has 1 aliphatic rings. The number of halogens is 4. The Bertz CT molecular complexity index is 741. The van der Waals surface area contributed by atoms with Crippen LogP contribution in [0, 0.1) is 11.7 Å². The van der Waals surface area contributed by atoms with Crippen LogP contribution < -0.4 is 0 Å². The predicted molar refractivity (Wildman–Crippen MR) is 78.2 cm³/mol. The van der Waals surface area contributed by atoms with Gasteiger partial charge in [0.15, 0.2) is 5.69 Å². The molecule has 1 fully saturated rings. The molecule has 0 spiro atoms. The van der Waals surface area contributed by atoms with Gasteiger partial charge in [0.2, 0.25) is 0 Å². The Hall–Kier alpha value is -2.38. The lowest BCUT2D eigenvalue weighted by atomic mass is 9.97. The Morgan fingerprint density at radius 3 is 2.75 bits per heavy atom. The van der Waals surface area contributed by atoms with Crippen LogP contribution in [0.3, 0.4) is 0 Å². The Morgan fingerprint density at radius 2 is 2.04 bits per heavy atom. The van der Waals surface area contributed by atoms with Gasteiger partial charge in [0, 0.05) is 19.3 Å². The van der Waals surface area contributed by atoms with Crippen molar-refractivity contribution in [3.8, 4) is 5.69 Å². The highest BCUT2D eigenvalue weighted by molar-refractivity contribution is 5.92. The van der Waals surface area contributed by atoms with Gasteiger partial charge in [-0.15, -0.1) is 0 Å². The third-order valence-corrected chi connectivity index (χ3v) is 4.05. The quantitative estimate of drug-likeness (QED) is 0.785. The van der Waals surface area contributed by atoms with Crippen molar-refractivity contribution in [1.29, 1.82) is 0 Å². The molecule has 24 heavy (non-hydrogen) atoms. The van der Waals surface area contributed by atoms with Crippen molar-refractivity contribution in [2.75, 3.05) is 13.1 Å². The summed E-state index contributed by atoms with van der Waals surface area (Å²) in [5.41, 5.74) is 0.475. The summed E-state index contributed by atoms with van der Waals surface area (Å²) >= 11 is 0. The van der Waals surface area contributed by atoms with E-state index in [2.05, 4.69) is 5.10 Å². The Balaban J connectivity index is 1.76. The monoisotopic (exact) mass is 341 g/mol. The van der Waals surface area contributed by atoms with Crippen LogP contribution in [-0.2, 0) is 0 Å². The maximum atomic E-state index is 13.2. The molecule has 128 valence electrons. The fraction of sp³-hybridized carbons (Fsp3) is 0.375. The molecule has 1 atom stereocenters. The van der Waals surface area contributed by atoms with E-state index in [0.717, 1.165) is 0 Å². The molecule has 2 aromatic rings. The first-order valence-electron chi connectivity index (χ1n) is 7.52. The fourth-order valence-corrected chi connectivity index (χ4v) is 2.79. The molecule has 1 aromatic heterocycles. The van der Waals surface area contributed by atoms with Crippen molar-refractivity contribution >= 4 is 5.91 Å². The van der Waals surface area contributed by atoms with Gasteiger partial charge >= 0.3 is 6.18 Å². The van der Waals surface area contributed by atoms with E-state index < -0.39 is 23.8 Å². The lowest BCUT2D eigenvalue weighted by Gasteiger charge is -2.33. The van der Waals surface area contributed by atoms with E-state index in [4.69, 9.17) is 0 Å². The number of hydrogen-bond acceptors (Lipinski definition) is 2. The van der Waals surface area contributed by atoms with Crippen molar-refractivity contribution in [3.05, 3.63) is 48.0 Å². The number of rotatable bonds is 2. The van der Waals surface area contributed by atoms with Crippen molar-refractivity contribution in [2.45, 2.75) is 19.0 Å². The number of piperidine rings is 1. The standard InChI is InChI=1S/C16H15F4N3O/c17-12-4-1-5-13(9-12)23-8-6-14(21-23)15(24)22-7-2-3-11(10-22)16(18,19)20/h1,4-6,8-9,11H,2-3,7,10H2. The molecule has 1 saturated heterocycles. The summed E-state index contributed by atoms with van der Waals surface area (Å²) in [6.07, 6.45) is -2.49. The number of alkyl halides is 3. The molecule has 8 heteroatoms. The summed E-state index contributed by atoms with van der Waals surface area (Å²) in [7, 11) is 0. The van der Waals surface area contributed by atoms with Gasteiger partial charge in [-0.1, -0.05) is 6.07 Å². The smallest absolute Gasteiger partial charge is 0.337 e. The highest BCUT2D eigenvalue weighted by atomic mass is 19.4. The second-order valence-electron chi connectivity index (χ2n) is 5.76. The summed E-state index contributed by atoms with van der Waals surface area (Å²) in [6, 6.07) is 7.08. The first kappa shape index (κ1) is 16.5. The Labute approximate surface area is 135 Å². The third-order valence-electron chi connectivity index (χ3n) is 4.05. The SMILES string of the molecule is O=C(c1ccn(-c2cccc(F)c2)n1)N1CCCC(C(F)(F)F)C1. The molecule has 0 aliphatic carbocycles. The molecule has 2 heterocycles. The zero-order valence-corrected chi connectivity index (χ0v) is 12.6. The normalized spacial score (nSPS) is 18.7. The zero-order valence-electron chi connectivity index (χ0n) is 12.6. The van der Waals surface area contributed by atoms with E-state index in [1.165, 1.54) is 40.0 Å². The van der Waals surface area contributed by atoms with Crippen LogP contribution in [0.1, 0.15) is 23.3 Å². The molecular formula is C16H15F4N3O. The van der Waals surface area contributed by atoms with Gasteiger partial charge in [-0.2, -0.15) is 18.3 Å². The largest absolute Gasteiger partial charge is 0.393 e. The van der Waals surface area contributed by atoms with E-state index >= 15 is 0 Å². The number of aromatic nitrogens is 2. The minimum absolute atomic E-state index is 0.0328. The van der Waals surface area contributed by atoms with E-state index in [-0.39, 0.29) is 25.2 Å². The van der Waals surface area contributed by atoms with Crippen LogP contribution in [0.5, 0.6) is 0 Å². The van der Waals surface area contributed by atoms with Crippen LogP contribution >= 0.6 is 0 Å². The number of likely N-dealkylation sites (tertiary alicyclic amines) is 1. The first-order chi connectivity index (χ1) is 11.3. The summed E-state index contributed by atoms with van der Waals surface area (Å²) in [4.78, 5) is 13.6. The Morgan fingerprint density at radius 1 is 1.25 bits per heavy atom. The second kappa shape index (κ2) is 6.26. The minimum Gasteiger partial charge on any atom is -0.337 e. The first-order valence-corrected chi connectivity index (χ1v) is 7.52. The number of benzene rings is 1. The third kappa shape index (κ3) is 3.42. The summed E-state index contributed by atoms with van der Waals surface area (Å²) in [5, 5.41) is 4.06. The van der Waals surface area contributed by atoms with E-state index in [9.17, 15) is 22.4 Å². The maximum Gasteiger partial charge on any atom is 0.393 e. The van der Waals surface area contributed by atoms with Gasteiger partial charge in [0.25, 0.3) is 5.91 Å². The molecule has 0 bridgehead atoms. The minimum atomic E-state index is -4.31. The molecule has 0 saturated carbocycles. The number of hydrogen-bond donors (Lipinski definition) is 0. The predicted octanol–water partition coefficient (Wildman–Crippen LogP) is 3.43. The number of carbonyl (C=O) groups excluding carboxylic acids is 1. The molecule has 4 nitrogen and oxygen atoms in total. The molecule has 0 N–H and O–H groups in total. The fourth-order valence-electron chi connectivity index (χ4n) is 2.79. The second-order valence-corrected chi connectivity index (χ2v) is 5.76. The van der Waals surface area contributed by atoms with Gasteiger partial charge in [-0.25, -0.2) is 9.07 Å². The highest BCUT2D eigenvalue weighted by Crippen LogP contribution is 2.33. The molecule has 0 radical (unpaired) electrons. The topological polar surface area (TPSA) is 38.1 Å². The maximum absolute atomic E-state index is 13.2. The summed E-state index contributed by atoms with van der Waals surface area (Å²) in [5.74, 6) is -2.49. The lowest BCUT2D eigenvalue weighted by Crippen LogP contribution is -2.44. The molecule has 1 aliphatic heterocycles. The van der Waals surface area contributed by atoms with E-state index in [0.29, 0.717) is 12.1 Å². The van der Waals surface area contributed by atoms with Crippen molar-refractivity contribution in [3.63, 3.8) is 0 Å². The average Bonchev–Trinajstić information content (AvgIpc) is 3.03. The van der Waals surface area contributed by atoms with Crippen LogP contribution in [0.25, 0.3) is 5.69 Å². The number of carbonyl (C=O) groups is 1. The average molecular weight is 341 g/mol. The van der Waals surface area contributed by atoms with Gasteiger partial charge in [0.05, 0.1) is 11.6 Å². The molecule has 1 amide bonds. The van der Waals surface area contributed by atoms with Gasteiger partial charge < -0.3 is 4.90 Å². The van der Waals surface area contributed by atoms with Crippen molar-refractivity contribution < 1.29 is 22.4 Å². The molecule has 1 unspecified atom stereocenters. The van der Waals surface area contributed by atoms with Crippen LogP contribution in [-0.4, -0.2) is 39.9 Å². The van der Waals surface area contributed by atoms with E-state index in [1.54, 1.807) is 6.07 Å². The number of nitrogens with zero attached hydrogens (tertiary/aromatic N) is 3. The number of amides is 1.